The monoisotopic (exact) mass is 383 g/mol. The molecule has 0 bridgehead atoms. The van der Waals surface area contributed by atoms with E-state index in [-0.39, 0.29) is 16.2 Å². The fourth-order valence-electron chi connectivity index (χ4n) is 2.18. The van der Waals surface area contributed by atoms with E-state index in [1.807, 2.05) is 0 Å². The lowest BCUT2D eigenvalue weighted by Gasteiger charge is -2.12. The highest BCUT2D eigenvalue weighted by molar-refractivity contribution is 7.88. The number of carbonyl (C=O) groups excluding carboxylic acids is 1. The summed E-state index contributed by atoms with van der Waals surface area (Å²) in [6, 6.07) is 5.63. The van der Waals surface area contributed by atoms with Crippen LogP contribution in [-0.2, 0) is 15.8 Å². The number of amides is 1. The van der Waals surface area contributed by atoms with Crippen LogP contribution >= 0.6 is 11.3 Å². The van der Waals surface area contributed by atoms with Crippen molar-refractivity contribution in [3.8, 4) is 0 Å². The Bertz CT molecular complexity index is 921. The molecule has 134 valence electrons. The van der Waals surface area contributed by atoms with Crippen molar-refractivity contribution in [3.05, 3.63) is 51.0 Å². The first kappa shape index (κ1) is 19.0. The summed E-state index contributed by atoms with van der Waals surface area (Å²) >= 11 is 1.00. The van der Waals surface area contributed by atoms with Crippen molar-refractivity contribution in [2.24, 2.45) is 5.14 Å². The number of carbonyl (C=O) groups is 2. The molecule has 0 fully saturated rings. The quantitative estimate of drug-likeness (QED) is 0.689. The van der Waals surface area contributed by atoms with Crippen LogP contribution in [0.2, 0.25) is 0 Å². The van der Waals surface area contributed by atoms with Gasteiger partial charge in [-0.2, -0.15) is 0 Å². The van der Waals surface area contributed by atoms with Crippen molar-refractivity contribution in [2.45, 2.75) is 25.6 Å². The minimum atomic E-state index is -3.69. The first-order chi connectivity index (χ1) is 11.6. The van der Waals surface area contributed by atoms with Gasteiger partial charge in [-0.1, -0.05) is 12.1 Å². The molecule has 0 saturated carbocycles. The number of hydrogen-bond acceptors (Lipinski definition) is 6. The van der Waals surface area contributed by atoms with E-state index in [0.717, 1.165) is 11.3 Å². The van der Waals surface area contributed by atoms with Gasteiger partial charge in [0.2, 0.25) is 10.0 Å². The first-order valence-corrected chi connectivity index (χ1v) is 9.71. The number of hydrogen-bond donors (Lipinski definition) is 3. The molecule has 0 aliphatic heterocycles. The Balaban J connectivity index is 2.15. The third-order valence-corrected chi connectivity index (χ3v) is 5.35. The number of rotatable bonds is 6. The summed E-state index contributed by atoms with van der Waals surface area (Å²) in [6.45, 7) is 3.28. The lowest BCUT2D eigenvalue weighted by Crippen LogP contribution is -2.26. The average Bonchev–Trinajstić information content (AvgIpc) is 2.88. The van der Waals surface area contributed by atoms with Crippen LogP contribution in [0.15, 0.2) is 24.3 Å². The van der Waals surface area contributed by atoms with Gasteiger partial charge in [0.1, 0.15) is 9.88 Å². The van der Waals surface area contributed by atoms with Crippen molar-refractivity contribution >= 4 is 33.2 Å². The summed E-state index contributed by atoms with van der Waals surface area (Å²) in [4.78, 5) is 27.7. The number of aryl methyl sites for hydroxylation is 1. The van der Waals surface area contributed by atoms with E-state index >= 15 is 0 Å². The Morgan fingerprint density at radius 2 is 2.08 bits per heavy atom. The average molecular weight is 383 g/mol. The molecule has 1 aromatic heterocycles. The van der Waals surface area contributed by atoms with Crippen LogP contribution in [0.5, 0.6) is 0 Å². The van der Waals surface area contributed by atoms with Gasteiger partial charge >= 0.3 is 5.97 Å². The fraction of sp³-hybridized carbons (Fsp3) is 0.267. The highest BCUT2D eigenvalue weighted by Gasteiger charge is 2.20. The predicted molar refractivity (Wildman–Crippen MR) is 92.9 cm³/mol. The Hall–Kier alpha value is -2.30. The van der Waals surface area contributed by atoms with Crippen LogP contribution in [0.25, 0.3) is 0 Å². The fourth-order valence-corrected chi connectivity index (χ4v) is 3.73. The van der Waals surface area contributed by atoms with Gasteiger partial charge in [-0.05, 0) is 31.5 Å². The maximum absolute atomic E-state index is 12.3. The zero-order valence-electron chi connectivity index (χ0n) is 13.5. The molecule has 10 heteroatoms. The van der Waals surface area contributed by atoms with Crippen LogP contribution in [-0.4, -0.2) is 30.4 Å². The lowest BCUT2D eigenvalue weighted by atomic mass is 10.1. The number of carboxylic acids is 1. The second-order valence-corrected chi connectivity index (χ2v) is 8.12. The smallest absolute Gasteiger partial charge is 0.347 e. The summed E-state index contributed by atoms with van der Waals surface area (Å²) < 4.78 is 22.3. The van der Waals surface area contributed by atoms with Gasteiger partial charge < -0.3 is 10.4 Å². The van der Waals surface area contributed by atoms with Crippen LogP contribution in [0, 0.1) is 6.92 Å². The molecule has 1 aromatic carbocycles. The predicted octanol–water partition coefficient (Wildman–Crippen LogP) is 1.43. The highest BCUT2D eigenvalue weighted by Crippen LogP contribution is 2.23. The van der Waals surface area contributed by atoms with Crippen LogP contribution in [0.1, 0.15) is 49.3 Å². The highest BCUT2D eigenvalue weighted by atomic mass is 32.2. The largest absolute Gasteiger partial charge is 0.477 e. The molecular weight excluding hydrogens is 366 g/mol. The maximum atomic E-state index is 12.3. The van der Waals surface area contributed by atoms with Gasteiger partial charge in [0, 0.05) is 5.56 Å². The van der Waals surface area contributed by atoms with Crippen molar-refractivity contribution in [1.82, 2.24) is 10.3 Å². The van der Waals surface area contributed by atoms with Gasteiger partial charge in [0.15, 0.2) is 0 Å². The molecule has 0 aliphatic carbocycles. The van der Waals surface area contributed by atoms with Gasteiger partial charge in [-0.25, -0.2) is 23.3 Å². The SMILES string of the molecule is Cc1nc(C(C)NC(=O)c2cccc(CS(N)(=O)=O)c2)sc1C(=O)O. The first-order valence-electron chi connectivity index (χ1n) is 7.17. The van der Waals surface area contributed by atoms with Gasteiger partial charge in [0.25, 0.3) is 5.91 Å². The summed E-state index contributed by atoms with van der Waals surface area (Å²) in [5, 5.41) is 17.3. The van der Waals surface area contributed by atoms with Crippen molar-refractivity contribution in [3.63, 3.8) is 0 Å². The van der Waals surface area contributed by atoms with E-state index in [2.05, 4.69) is 10.3 Å². The second-order valence-electron chi connectivity index (χ2n) is 5.47. The normalized spacial score (nSPS) is 12.6. The molecule has 1 atom stereocenters. The third-order valence-electron chi connectivity index (χ3n) is 3.28. The molecule has 1 unspecified atom stereocenters. The van der Waals surface area contributed by atoms with Gasteiger partial charge in [-0.15, -0.1) is 11.3 Å². The van der Waals surface area contributed by atoms with E-state index in [9.17, 15) is 18.0 Å². The standard InChI is InChI=1S/C15H17N3O5S2/c1-8-12(15(20)21)24-14(18-8)9(2)17-13(19)11-5-3-4-10(6-11)7-25(16,22)23/h3-6,9H,7H2,1-2H3,(H,17,19)(H,20,21)(H2,16,22,23). The Morgan fingerprint density at radius 1 is 1.40 bits per heavy atom. The maximum Gasteiger partial charge on any atom is 0.347 e. The van der Waals surface area contributed by atoms with Crippen molar-refractivity contribution < 1.29 is 23.1 Å². The molecule has 8 nitrogen and oxygen atoms in total. The Labute approximate surface area is 148 Å². The van der Waals surface area contributed by atoms with Crippen LogP contribution in [0.4, 0.5) is 0 Å². The molecule has 2 rings (SSSR count). The molecule has 0 saturated heterocycles. The topological polar surface area (TPSA) is 139 Å². The number of nitrogens with two attached hydrogens (primary N) is 1. The van der Waals surface area contributed by atoms with Crippen LogP contribution < -0.4 is 10.5 Å². The molecular formula is C15H17N3O5S2. The van der Waals surface area contributed by atoms with E-state index in [4.69, 9.17) is 10.2 Å². The zero-order valence-corrected chi connectivity index (χ0v) is 15.1. The Morgan fingerprint density at radius 3 is 2.64 bits per heavy atom. The van der Waals surface area contributed by atoms with Gasteiger partial charge in [-0.3, -0.25) is 4.79 Å². The molecule has 4 N–H and O–H groups in total. The molecule has 0 radical (unpaired) electrons. The molecule has 1 heterocycles. The number of aromatic carboxylic acids is 1. The van der Waals surface area contributed by atoms with Gasteiger partial charge in [0.05, 0.1) is 17.5 Å². The number of aromatic nitrogens is 1. The number of benzene rings is 1. The Kier molecular flexibility index (Phi) is 5.55. The minimum Gasteiger partial charge on any atom is -0.477 e. The number of nitrogens with zero attached hydrogens (tertiary/aromatic N) is 1. The second kappa shape index (κ2) is 7.30. The number of nitrogens with one attached hydrogen (secondary N) is 1. The lowest BCUT2D eigenvalue weighted by molar-refractivity contribution is 0.0700. The molecule has 2 aromatic rings. The summed E-state index contributed by atoms with van der Waals surface area (Å²) in [7, 11) is -3.69. The van der Waals surface area contributed by atoms with E-state index in [1.54, 1.807) is 32.0 Å². The van der Waals surface area contributed by atoms with E-state index < -0.39 is 27.9 Å². The third kappa shape index (κ3) is 5.08. The number of carboxylic acid groups (broad SMARTS) is 1. The minimum absolute atomic E-state index is 0.131. The number of sulfonamides is 1. The summed E-state index contributed by atoms with van der Waals surface area (Å²) in [6.07, 6.45) is 0. The molecule has 0 aliphatic rings. The van der Waals surface area contributed by atoms with Crippen molar-refractivity contribution in [2.75, 3.05) is 0 Å². The zero-order chi connectivity index (χ0) is 18.8. The number of thiazole rings is 1. The molecule has 1 amide bonds. The van der Waals surface area contributed by atoms with Crippen molar-refractivity contribution in [1.29, 1.82) is 0 Å². The number of primary sulfonamides is 1. The van der Waals surface area contributed by atoms with E-state index in [1.165, 1.54) is 6.07 Å². The molecule has 25 heavy (non-hydrogen) atoms. The summed E-state index contributed by atoms with van der Waals surface area (Å²) in [5.41, 5.74) is 1.07. The summed E-state index contributed by atoms with van der Waals surface area (Å²) in [5.74, 6) is -1.85. The van der Waals surface area contributed by atoms with Crippen LogP contribution in [0.3, 0.4) is 0 Å². The molecule has 0 spiro atoms. The van der Waals surface area contributed by atoms with E-state index in [0.29, 0.717) is 16.3 Å².